The molecular formula is C20H23N3O4. The fourth-order valence-corrected chi connectivity index (χ4v) is 2.35. The largest absolute Gasteiger partial charge is 0.445 e. The number of nitrogens with one attached hydrogen (secondary N) is 2. The molecule has 4 N–H and O–H groups in total. The number of carbonyl (C=O) groups is 3. The van der Waals surface area contributed by atoms with Crippen LogP contribution in [-0.4, -0.2) is 30.5 Å². The molecule has 7 nitrogen and oxygen atoms in total. The summed E-state index contributed by atoms with van der Waals surface area (Å²) >= 11 is 0. The maximum atomic E-state index is 12.0. The van der Waals surface area contributed by atoms with Crippen LogP contribution in [0.5, 0.6) is 0 Å². The summed E-state index contributed by atoms with van der Waals surface area (Å²) in [4.78, 5) is 35.2. The number of carbonyl (C=O) groups excluding carboxylic acids is 3. The van der Waals surface area contributed by atoms with Gasteiger partial charge in [-0.2, -0.15) is 0 Å². The van der Waals surface area contributed by atoms with Gasteiger partial charge in [-0.15, -0.1) is 0 Å². The number of nitrogens with two attached hydrogens (primary N) is 1. The van der Waals surface area contributed by atoms with Crippen molar-refractivity contribution in [2.75, 3.05) is 6.54 Å². The molecule has 0 aliphatic heterocycles. The van der Waals surface area contributed by atoms with Gasteiger partial charge in [0.25, 0.3) is 0 Å². The third-order valence-corrected chi connectivity index (χ3v) is 3.85. The van der Waals surface area contributed by atoms with Crippen molar-refractivity contribution in [3.05, 3.63) is 71.3 Å². The number of hydrogen-bond donors (Lipinski definition) is 3. The number of amides is 3. The van der Waals surface area contributed by atoms with Crippen molar-refractivity contribution >= 4 is 17.9 Å². The normalized spacial score (nSPS) is 11.3. The van der Waals surface area contributed by atoms with E-state index < -0.39 is 23.9 Å². The molecular weight excluding hydrogens is 346 g/mol. The van der Waals surface area contributed by atoms with E-state index >= 15 is 0 Å². The summed E-state index contributed by atoms with van der Waals surface area (Å²) < 4.78 is 5.02. The molecule has 0 aliphatic carbocycles. The van der Waals surface area contributed by atoms with Crippen molar-refractivity contribution in [3.8, 4) is 0 Å². The van der Waals surface area contributed by atoms with E-state index in [0.717, 1.165) is 16.7 Å². The smallest absolute Gasteiger partial charge is 0.407 e. The van der Waals surface area contributed by atoms with Gasteiger partial charge in [0.05, 0.1) is 0 Å². The number of primary amides is 1. The Labute approximate surface area is 157 Å². The minimum absolute atomic E-state index is 0.103. The van der Waals surface area contributed by atoms with Crippen LogP contribution in [0.4, 0.5) is 4.79 Å². The first kappa shape index (κ1) is 20.0. The molecule has 1 atom stereocenters. The standard InChI is InChI=1S/C20H23N3O4/c1-14-7-9-15(10-8-14)11-17(19(21)25)23-18(24)12-22-20(26)27-13-16-5-3-2-4-6-16/h2-10,17H,11-13H2,1H3,(H2,21,25)(H,22,26)(H,23,24)/t17-/m1/s1. The molecule has 2 rings (SSSR count). The van der Waals surface area contributed by atoms with Gasteiger partial charge in [-0.3, -0.25) is 9.59 Å². The second-order valence-corrected chi connectivity index (χ2v) is 6.13. The van der Waals surface area contributed by atoms with Crippen LogP contribution in [0.2, 0.25) is 0 Å². The molecule has 142 valence electrons. The molecule has 0 saturated heterocycles. The molecule has 0 aliphatic rings. The molecule has 0 aromatic heterocycles. The first-order valence-electron chi connectivity index (χ1n) is 8.53. The average Bonchev–Trinajstić information content (AvgIpc) is 2.66. The molecule has 7 heteroatoms. The lowest BCUT2D eigenvalue weighted by Gasteiger charge is -2.16. The van der Waals surface area contributed by atoms with Crippen LogP contribution in [0.25, 0.3) is 0 Å². The number of ether oxygens (including phenoxy) is 1. The Morgan fingerprint density at radius 3 is 2.30 bits per heavy atom. The molecule has 2 aromatic carbocycles. The zero-order chi connectivity index (χ0) is 19.6. The van der Waals surface area contributed by atoms with E-state index in [1.54, 1.807) is 0 Å². The highest BCUT2D eigenvalue weighted by Crippen LogP contribution is 2.06. The quantitative estimate of drug-likeness (QED) is 0.654. The molecule has 0 unspecified atom stereocenters. The Morgan fingerprint density at radius 2 is 1.67 bits per heavy atom. The molecule has 3 amide bonds. The Morgan fingerprint density at radius 1 is 1.00 bits per heavy atom. The summed E-state index contributed by atoms with van der Waals surface area (Å²) in [5, 5.41) is 4.87. The van der Waals surface area contributed by atoms with Gasteiger partial charge in [-0.1, -0.05) is 60.2 Å². The number of rotatable bonds is 8. The van der Waals surface area contributed by atoms with Crippen LogP contribution in [0, 0.1) is 6.92 Å². The second-order valence-electron chi connectivity index (χ2n) is 6.13. The van der Waals surface area contributed by atoms with Crippen LogP contribution in [-0.2, 0) is 27.4 Å². The Balaban J connectivity index is 1.77. The van der Waals surface area contributed by atoms with Crippen LogP contribution >= 0.6 is 0 Å². The summed E-state index contributed by atoms with van der Waals surface area (Å²) in [5.41, 5.74) is 8.17. The number of aryl methyl sites for hydroxylation is 1. The van der Waals surface area contributed by atoms with Crippen LogP contribution in [0.1, 0.15) is 16.7 Å². The van der Waals surface area contributed by atoms with Gasteiger partial charge in [-0.05, 0) is 18.1 Å². The van der Waals surface area contributed by atoms with E-state index in [1.807, 2.05) is 61.5 Å². The van der Waals surface area contributed by atoms with Gasteiger partial charge < -0.3 is 21.1 Å². The Bertz CT molecular complexity index is 776. The molecule has 0 radical (unpaired) electrons. The molecule has 0 bridgehead atoms. The number of hydrogen-bond acceptors (Lipinski definition) is 4. The molecule has 2 aromatic rings. The van der Waals surface area contributed by atoms with Crippen molar-refractivity contribution in [3.63, 3.8) is 0 Å². The fraction of sp³-hybridized carbons (Fsp3) is 0.250. The van der Waals surface area contributed by atoms with Crippen LogP contribution in [0.3, 0.4) is 0 Å². The van der Waals surface area contributed by atoms with Gasteiger partial charge in [0.1, 0.15) is 19.2 Å². The minimum Gasteiger partial charge on any atom is -0.445 e. The van der Waals surface area contributed by atoms with E-state index in [4.69, 9.17) is 10.5 Å². The Kier molecular flexibility index (Phi) is 7.37. The Hall–Kier alpha value is -3.35. The minimum atomic E-state index is -0.859. The predicted molar refractivity (Wildman–Crippen MR) is 101 cm³/mol. The van der Waals surface area contributed by atoms with Crippen LogP contribution in [0.15, 0.2) is 54.6 Å². The van der Waals surface area contributed by atoms with Gasteiger partial charge in [-0.25, -0.2) is 4.79 Å². The highest BCUT2D eigenvalue weighted by Gasteiger charge is 2.19. The maximum Gasteiger partial charge on any atom is 0.407 e. The van der Waals surface area contributed by atoms with Crippen molar-refractivity contribution in [1.29, 1.82) is 0 Å². The summed E-state index contributed by atoms with van der Waals surface area (Å²) in [6, 6.07) is 15.9. The van der Waals surface area contributed by atoms with Gasteiger partial charge >= 0.3 is 6.09 Å². The SMILES string of the molecule is Cc1ccc(C[C@@H](NC(=O)CNC(=O)OCc2ccccc2)C(N)=O)cc1. The van der Waals surface area contributed by atoms with E-state index in [2.05, 4.69) is 10.6 Å². The van der Waals surface area contributed by atoms with Gasteiger partial charge in [0.15, 0.2) is 0 Å². The van der Waals surface area contributed by atoms with Crippen molar-refractivity contribution in [1.82, 2.24) is 10.6 Å². The van der Waals surface area contributed by atoms with E-state index in [0.29, 0.717) is 0 Å². The molecule has 27 heavy (non-hydrogen) atoms. The van der Waals surface area contributed by atoms with Crippen molar-refractivity contribution in [2.45, 2.75) is 26.0 Å². The molecule has 0 heterocycles. The number of benzene rings is 2. The molecule has 0 fully saturated rings. The molecule has 0 spiro atoms. The third kappa shape index (κ3) is 7.19. The van der Waals surface area contributed by atoms with E-state index in [9.17, 15) is 14.4 Å². The van der Waals surface area contributed by atoms with Gasteiger partial charge in [0.2, 0.25) is 11.8 Å². The highest BCUT2D eigenvalue weighted by molar-refractivity contribution is 5.88. The predicted octanol–water partition coefficient (Wildman–Crippen LogP) is 1.43. The molecule has 0 saturated carbocycles. The topological polar surface area (TPSA) is 111 Å². The fourth-order valence-electron chi connectivity index (χ4n) is 2.35. The summed E-state index contributed by atoms with van der Waals surface area (Å²) in [6.45, 7) is 1.75. The summed E-state index contributed by atoms with van der Waals surface area (Å²) in [7, 11) is 0. The second kappa shape index (κ2) is 9.96. The monoisotopic (exact) mass is 369 g/mol. The van der Waals surface area contributed by atoms with Crippen molar-refractivity contribution in [2.24, 2.45) is 5.73 Å². The third-order valence-electron chi connectivity index (χ3n) is 3.85. The lowest BCUT2D eigenvalue weighted by atomic mass is 10.0. The maximum absolute atomic E-state index is 12.0. The van der Waals surface area contributed by atoms with Crippen molar-refractivity contribution < 1.29 is 19.1 Å². The zero-order valence-corrected chi connectivity index (χ0v) is 15.1. The average molecular weight is 369 g/mol. The lowest BCUT2D eigenvalue weighted by molar-refractivity contribution is -0.126. The first-order valence-corrected chi connectivity index (χ1v) is 8.53. The summed E-state index contributed by atoms with van der Waals surface area (Å²) in [5.74, 6) is -1.17. The van der Waals surface area contributed by atoms with E-state index in [-0.39, 0.29) is 19.6 Å². The first-order chi connectivity index (χ1) is 12.9. The van der Waals surface area contributed by atoms with E-state index in [1.165, 1.54) is 0 Å². The zero-order valence-electron chi connectivity index (χ0n) is 15.1. The van der Waals surface area contributed by atoms with Gasteiger partial charge in [0, 0.05) is 6.42 Å². The lowest BCUT2D eigenvalue weighted by Crippen LogP contribution is -2.49. The summed E-state index contributed by atoms with van der Waals surface area (Å²) in [6.07, 6.45) is -0.442. The van der Waals surface area contributed by atoms with Crippen LogP contribution < -0.4 is 16.4 Å². The number of alkyl carbamates (subject to hydrolysis) is 1. The highest BCUT2D eigenvalue weighted by atomic mass is 16.5.